The molecule has 112 valence electrons. The van der Waals surface area contributed by atoms with E-state index in [4.69, 9.17) is 21.1 Å². The minimum atomic E-state index is -0.558. The van der Waals surface area contributed by atoms with E-state index in [9.17, 15) is 4.79 Å². The number of carbonyl (C=O) groups excluding carboxylic acids is 1. The van der Waals surface area contributed by atoms with Crippen LogP contribution in [-0.4, -0.2) is 37.1 Å². The van der Waals surface area contributed by atoms with Crippen LogP contribution in [0.5, 0.6) is 5.75 Å². The van der Waals surface area contributed by atoms with Gasteiger partial charge in [0.05, 0.1) is 6.61 Å². The Morgan fingerprint density at radius 1 is 1.45 bits per heavy atom. The Morgan fingerprint density at radius 2 is 2.25 bits per heavy atom. The van der Waals surface area contributed by atoms with Crippen molar-refractivity contribution in [3.63, 3.8) is 0 Å². The van der Waals surface area contributed by atoms with Crippen molar-refractivity contribution in [2.24, 2.45) is 0 Å². The Hall–Kier alpha value is -0.780. The number of amides is 1. The highest BCUT2D eigenvalue weighted by molar-refractivity contribution is 9.09. The fourth-order valence-corrected chi connectivity index (χ4v) is 1.89. The summed E-state index contributed by atoms with van der Waals surface area (Å²) < 4.78 is 10.8. The topological polar surface area (TPSA) is 47.6 Å². The van der Waals surface area contributed by atoms with Crippen LogP contribution >= 0.6 is 27.5 Å². The van der Waals surface area contributed by atoms with Crippen molar-refractivity contribution in [1.29, 1.82) is 0 Å². The van der Waals surface area contributed by atoms with E-state index >= 15 is 0 Å². The van der Waals surface area contributed by atoms with Gasteiger partial charge in [-0.3, -0.25) is 4.79 Å². The molecule has 0 bridgehead atoms. The van der Waals surface area contributed by atoms with E-state index in [1.807, 2.05) is 0 Å². The van der Waals surface area contributed by atoms with Gasteiger partial charge in [0.25, 0.3) is 5.91 Å². The van der Waals surface area contributed by atoms with Gasteiger partial charge in [-0.15, -0.1) is 0 Å². The Bertz CT molecular complexity index is 417. The minimum absolute atomic E-state index is 0.148. The molecule has 1 amide bonds. The molecule has 0 heterocycles. The lowest BCUT2D eigenvalue weighted by Crippen LogP contribution is -2.37. The second-order valence-corrected chi connectivity index (χ2v) is 5.39. The number of ether oxygens (including phenoxy) is 2. The monoisotopic (exact) mass is 363 g/mol. The summed E-state index contributed by atoms with van der Waals surface area (Å²) in [4.78, 5) is 11.8. The van der Waals surface area contributed by atoms with Crippen LogP contribution in [0.3, 0.4) is 0 Å². The molecule has 4 nitrogen and oxygen atoms in total. The molecule has 0 saturated carbocycles. The maximum atomic E-state index is 11.8. The van der Waals surface area contributed by atoms with E-state index in [0.717, 1.165) is 11.8 Å². The lowest BCUT2D eigenvalue weighted by molar-refractivity contribution is -0.127. The molecule has 0 aliphatic heterocycles. The highest BCUT2D eigenvalue weighted by Gasteiger charge is 2.13. The Morgan fingerprint density at radius 3 is 2.95 bits per heavy atom. The van der Waals surface area contributed by atoms with Crippen molar-refractivity contribution < 1.29 is 14.3 Å². The quantitative estimate of drug-likeness (QED) is 0.541. The average molecular weight is 365 g/mol. The number of benzene rings is 1. The molecule has 0 spiro atoms. The summed E-state index contributed by atoms with van der Waals surface area (Å²) in [5.41, 5.74) is 0. The third-order valence-corrected chi connectivity index (χ3v) is 3.02. The second kappa shape index (κ2) is 10.0. The van der Waals surface area contributed by atoms with Crippen LogP contribution in [0.15, 0.2) is 24.3 Å². The molecule has 1 atom stereocenters. The molecule has 1 rings (SSSR count). The van der Waals surface area contributed by atoms with Gasteiger partial charge < -0.3 is 14.8 Å². The molecule has 6 heteroatoms. The predicted octanol–water partition coefficient (Wildman–Crippen LogP) is 3.03. The van der Waals surface area contributed by atoms with E-state index in [0.29, 0.717) is 30.5 Å². The van der Waals surface area contributed by atoms with Gasteiger partial charge in [-0.1, -0.05) is 33.6 Å². The van der Waals surface area contributed by atoms with Gasteiger partial charge >= 0.3 is 0 Å². The van der Waals surface area contributed by atoms with E-state index in [2.05, 4.69) is 21.2 Å². The summed E-state index contributed by atoms with van der Waals surface area (Å²) in [7, 11) is 0. The number of hydrogen-bond donors (Lipinski definition) is 1. The average Bonchev–Trinajstić information content (AvgIpc) is 2.42. The third kappa shape index (κ3) is 7.12. The summed E-state index contributed by atoms with van der Waals surface area (Å²) in [6, 6.07) is 6.98. The lowest BCUT2D eigenvalue weighted by atomic mass is 10.3. The van der Waals surface area contributed by atoms with Crippen LogP contribution in [0.2, 0.25) is 5.02 Å². The SMILES string of the molecule is CC(Oc1cccc(Cl)c1)C(=O)NCCCOCCBr. The molecule has 1 unspecified atom stereocenters. The van der Waals surface area contributed by atoms with Crippen LogP contribution in [0, 0.1) is 0 Å². The number of nitrogens with one attached hydrogen (secondary N) is 1. The zero-order valence-corrected chi connectivity index (χ0v) is 13.7. The fraction of sp³-hybridized carbons (Fsp3) is 0.500. The molecular formula is C14H19BrClNO3. The molecular weight excluding hydrogens is 346 g/mol. The van der Waals surface area contributed by atoms with Gasteiger partial charge in [-0.25, -0.2) is 0 Å². The second-order valence-electron chi connectivity index (χ2n) is 4.16. The first kappa shape index (κ1) is 17.3. The highest BCUT2D eigenvalue weighted by atomic mass is 79.9. The van der Waals surface area contributed by atoms with Crippen molar-refractivity contribution in [2.75, 3.05) is 25.1 Å². The van der Waals surface area contributed by atoms with Gasteiger partial charge in [0.1, 0.15) is 5.75 Å². The van der Waals surface area contributed by atoms with Gasteiger partial charge in [0, 0.05) is 23.5 Å². The lowest BCUT2D eigenvalue weighted by Gasteiger charge is -2.14. The van der Waals surface area contributed by atoms with Crippen LogP contribution in [0.4, 0.5) is 0 Å². The molecule has 0 aliphatic rings. The van der Waals surface area contributed by atoms with E-state index in [1.165, 1.54) is 0 Å². The van der Waals surface area contributed by atoms with Gasteiger partial charge in [-0.2, -0.15) is 0 Å². The Labute approximate surface area is 132 Å². The van der Waals surface area contributed by atoms with Gasteiger partial charge in [0.2, 0.25) is 0 Å². The molecule has 20 heavy (non-hydrogen) atoms. The van der Waals surface area contributed by atoms with Crippen LogP contribution < -0.4 is 10.1 Å². The fourth-order valence-electron chi connectivity index (χ4n) is 1.48. The van der Waals surface area contributed by atoms with Gasteiger partial charge in [-0.05, 0) is 31.5 Å². The molecule has 0 fully saturated rings. The number of rotatable bonds is 9. The number of halogens is 2. The van der Waals surface area contributed by atoms with Gasteiger partial charge in [0.15, 0.2) is 6.10 Å². The van der Waals surface area contributed by atoms with Crippen LogP contribution in [-0.2, 0) is 9.53 Å². The maximum absolute atomic E-state index is 11.8. The smallest absolute Gasteiger partial charge is 0.260 e. The van der Waals surface area contributed by atoms with E-state index in [-0.39, 0.29) is 5.91 Å². The van der Waals surface area contributed by atoms with Crippen molar-refractivity contribution in [2.45, 2.75) is 19.4 Å². The summed E-state index contributed by atoms with van der Waals surface area (Å²) in [6.45, 7) is 3.60. The maximum Gasteiger partial charge on any atom is 0.260 e. The van der Waals surface area contributed by atoms with Crippen molar-refractivity contribution >= 4 is 33.4 Å². The highest BCUT2D eigenvalue weighted by Crippen LogP contribution is 2.18. The molecule has 0 radical (unpaired) electrons. The Balaban J connectivity index is 2.22. The van der Waals surface area contributed by atoms with Crippen molar-refractivity contribution in [3.05, 3.63) is 29.3 Å². The van der Waals surface area contributed by atoms with E-state index < -0.39 is 6.10 Å². The first-order valence-electron chi connectivity index (χ1n) is 6.47. The van der Waals surface area contributed by atoms with E-state index in [1.54, 1.807) is 31.2 Å². The summed E-state index contributed by atoms with van der Waals surface area (Å²) in [5, 5.41) is 4.21. The first-order chi connectivity index (χ1) is 9.63. The van der Waals surface area contributed by atoms with Crippen molar-refractivity contribution in [1.82, 2.24) is 5.32 Å². The van der Waals surface area contributed by atoms with Crippen LogP contribution in [0.1, 0.15) is 13.3 Å². The summed E-state index contributed by atoms with van der Waals surface area (Å²) in [6.07, 6.45) is 0.222. The number of hydrogen-bond acceptors (Lipinski definition) is 3. The summed E-state index contributed by atoms with van der Waals surface area (Å²) in [5.74, 6) is 0.436. The largest absolute Gasteiger partial charge is 0.481 e. The summed E-state index contributed by atoms with van der Waals surface area (Å²) >= 11 is 9.13. The van der Waals surface area contributed by atoms with Crippen LogP contribution in [0.25, 0.3) is 0 Å². The Kier molecular flexibility index (Phi) is 8.65. The normalized spacial score (nSPS) is 11.9. The number of alkyl halides is 1. The third-order valence-electron chi connectivity index (χ3n) is 2.46. The first-order valence-corrected chi connectivity index (χ1v) is 7.97. The zero-order valence-electron chi connectivity index (χ0n) is 11.4. The minimum Gasteiger partial charge on any atom is -0.481 e. The molecule has 1 aromatic carbocycles. The molecule has 0 aromatic heterocycles. The van der Waals surface area contributed by atoms with Crippen molar-refractivity contribution in [3.8, 4) is 5.75 Å². The number of carbonyl (C=O) groups is 1. The molecule has 1 N–H and O–H groups in total. The molecule has 0 saturated heterocycles. The predicted molar refractivity (Wildman–Crippen MR) is 83.8 cm³/mol. The zero-order chi connectivity index (χ0) is 14.8. The molecule has 0 aliphatic carbocycles. The standard InChI is InChI=1S/C14H19BrClNO3/c1-11(20-13-5-2-4-12(16)10-13)14(18)17-7-3-8-19-9-6-15/h2,4-5,10-11H,3,6-9H2,1H3,(H,17,18). The molecule has 1 aromatic rings.